The molecule has 2 aliphatic rings. The number of hydrogen-bond donors (Lipinski definition) is 1. The highest BCUT2D eigenvalue weighted by Gasteiger charge is 2.58. The molecule has 3 atom stereocenters. The maximum atomic E-state index is 13.6. The summed E-state index contributed by atoms with van der Waals surface area (Å²) in [5, 5.41) is 12.2. The van der Waals surface area contributed by atoms with E-state index in [2.05, 4.69) is 10.3 Å². The highest BCUT2D eigenvalue weighted by atomic mass is 32.2. The Morgan fingerprint density at radius 2 is 1.67 bits per heavy atom. The van der Waals surface area contributed by atoms with Gasteiger partial charge in [-0.05, 0) is 74.4 Å². The van der Waals surface area contributed by atoms with Crippen LogP contribution >= 0.6 is 0 Å². The number of fused-ring (bicyclic) bond motifs is 1. The summed E-state index contributed by atoms with van der Waals surface area (Å²) >= 11 is 0. The molecule has 2 fully saturated rings. The third-order valence-corrected chi connectivity index (χ3v) is 9.23. The smallest absolute Gasteiger partial charge is 0.410 e. The largest absolute Gasteiger partial charge is 0.444 e. The molecule has 0 unspecified atom stereocenters. The van der Waals surface area contributed by atoms with Crippen molar-refractivity contribution in [3.8, 4) is 6.07 Å². The molecule has 42 heavy (non-hydrogen) atoms. The van der Waals surface area contributed by atoms with Crippen LogP contribution in [0.4, 0.5) is 4.79 Å². The first-order valence-corrected chi connectivity index (χ1v) is 15.2. The molecule has 2 amide bonds. The van der Waals surface area contributed by atoms with E-state index in [4.69, 9.17) is 10.00 Å². The summed E-state index contributed by atoms with van der Waals surface area (Å²) in [6.45, 7) is 6.80. The molecule has 3 aromatic rings. The minimum atomic E-state index is -3.91. The number of likely N-dealkylation sites (tertiary alicyclic amines) is 1. The molecule has 2 heterocycles. The van der Waals surface area contributed by atoms with Crippen molar-refractivity contribution >= 4 is 22.0 Å². The lowest BCUT2D eigenvalue weighted by Gasteiger charge is -2.26. The van der Waals surface area contributed by atoms with Crippen LogP contribution in [-0.2, 0) is 27.8 Å². The van der Waals surface area contributed by atoms with Gasteiger partial charge in [0.2, 0.25) is 10.0 Å². The third-order valence-electron chi connectivity index (χ3n) is 7.42. The number of hydrogen-bond acceptors (Lipinski definition) is 7. The lowest BCUT2D eigenvalue weighted by Crippen LogP contribution is -2.40. The Hall–Kier alpha value is -4.27. The highest BCUT2D eigenvalue weighted by Crippen LogP contribution is 2.46. The number of ether oxygens (including phenoxy) is 1. The molecule has 1 N–H and O–H groups in total. The van der Waals surface area contributed by atoms with Crippen molar-refractivity contribution in [3.05, 3.63) is 95.3 Å². The monoisotopic (exact) mass is 587 g/mol. The van der Waals surface area contributed by atoms with Gasteiger partial charge in [0, 0.05) is 62.0 Å². The number of nitriles is 1. The van der Waals surface area contributed by atoms with E-state index in [1.807, 2.05) is 32.9 Å². The number of carbonyl (C=O) groups is 2. The van der Waals surface area contributed by atoms with Gasteiger partial charge in [0.15, 0.2) is 0 Å². The van der Waals surface area contributed by atoms with E-state index in [1.165, 1.54) is 28.6 Å². The molecule has 1 saturated heterocycles. The highest BCUT2D eigenvalue weighted by molar-refractivity contribution is 7.89. The minimum absolute atomic E-state index is 0.0170. The van der Waals surface area contributed by atoms with Crippen molar-refractivity contribution in [2.75, 3.05) is 13.1 Å². The lowest BCUT2D eigenvalue weighted by atomic mass is 10.1. The summed E-state index contributed by atoms with van der Waals surface area (Å²) in [7, 11) is -3.91. The molecule has 2 aromatic carbocycles. The average molecular weight is 588 g/mol. The SMILES string of the molecule is CC(C)(C)OC(=O)N1C[C@@H]2[C@H](C1)[C@H]2NC(=O)c1ccc(CN(Cc2cccnc2)S(=O)(=O)c2ccc(C#N)cc2)cc1. The van der Waals surface area contributed by atoms with Crippen LogP contribution in [-0.4, -0.2) is 59.3 Å². The maximum absolute atomic E-state index is 13.6. The zero-order valence-corrected chi connectivity index (χ0v) is 24.5. The Kier molecular flexibility index (Phi) is 8.03. The Balaban J connectivity index is 1.23. The molecular formula is C31H33N5O5S. The van der Waals surface area contributed by atoms with E-state index in [9.17, 15) is 18.0 Å². The Bertz CT molecular complexity index is 1580. The predicted molar refractivity (Wildman–Crippen MR) is 154 cm³/mol. The van der Waals surface area contributed by atoms with E-state index >= 15 is 0 Å². The van der Waals surface area contributed by atoms with Gasteiger partial charge in [-0.15, -0.1) is 0 Å². The minimum Gasteiger partial charge on any atom is -0.444 e. The van der Waals surface area contributed by atoms with Crippen LogP contribution in [0.25, 0.3) is 0 Å². The number of sulfonamides is 1. The van der Waals surface area contributed by atoms with Crippen LogP contribution in [0.2, 0.25) is 0 Å². The molecule has 11 heteroatoms. The first-order valence-electron chi connectivity index (χ1n) is 13.7. The van der Waals surface area contributed by atoms with Crippen molar-refractivity contribution in [3.63, 3.8) is 0 Å². The predicted octanol–water partition coefficient (Wildman–Crippen LogP) is 3.94. The fourth-order valence-electron chi connectivity index (χ4n) is 5.19. The number of amides is 2. The van der Waals surface area contributed by atoms with Crippen LogP contribution < -0.4 is 5.32 Å². The van der Waals surface area contributed by atoms with E-state index in [0.717, 1.165) is 5.56 Å². The molecule has 1 aliphatic heterocycles. The van der Waals surface area contributed by atoms with Gasteiger partial charge in [0.25, 0.3) is 5.91 Å². The zero-order valence-electron chi connectivity index (χ0n) is 23.7. The number of nitrogens with zero attached hydrogens (tertiary/aromatic N) is 4. The van der Waals surface area contributed by atoms with Crippen LogP contribution in [0.5, 0.6) is 0 Å². The van der Waals surface area contributed by atoms with Gasteiger partial charge in [-0.3, -0.25) is 9.78 Å². The topological polar surface area (TPSA) is 133 Å². The van der Waals surface area contributed by atoms with E-state index in [1.54, 1.807) is 47.6 Å². The quantitative estimate of drug-likeness (QED) is 0.422. The fourth-order valence-corrected chi connectivity index (χ4v) is 6.60. The van der Waals surface area contributed by atoms with Gasteiger partial charge in [0.05, 0.1) is 16.5 Å². The summed E-state index contributed by atoms with van der Waals surface area (Å²) in [5.41, 5.74) is 1.74. The second-order valence-corrected chi connectivity index (χ2v) is 13.6. The van der Waals surface area contributed by atoms with E-state index in [-0.39, 0.29) is 47.9 Å². The summed E-state index contributed by atoms with van der Waals surface area (Å²) in [5.74, 6) is 0.227. The van der Waals surface area contributed by atoms with Gasteiger partial charge < -0.3 is 15.0 Å². The number of carbonyl (C=O) groups excluding carboxylic acids is 2. The summed E-state index contributed by atoms with van der Waals surface area (Å²) in [6, 6.07) is 18.3. The lowest BCUT2D eigenvalue weighted by molar-refractivity contribution is 0.0270. The number of piperidine rings is 1. The van der Waals surface area contributed by atoms with Gasteiger partial charge in [0.1, 0.15) is 5.60 Å². The first kappa shape index (κ1) is 29.2. The molecule has 0 radical (unpaired) electrons. The maximum Gasteiger partial charge on any atom is 0.410 e. The molecule has 1 aromatic heterocycles. The van der Waals surface area contributed by atoms with Crippen molar-refractivity contribution in [1.29, 1.82) is 5.26 Å². The standard InChI is InChI=1S/C31H33N5O5S/c1-31(2,3)41-30(38)35-19-26-27(20-35)28(26)34-29(37)24-10-6-22(7-11-24)17-36(18-23-5-4-14-33-16-23)42(39,40)25-12-8-21(15-32)9-13-25/h4-14,16,26-28H,17-20H2,1-3H3,(H,34,37)/t26-,27+,28+. The second kappa shape index (κ2) is 11.5. The van der Waals surface area contributed by atoms with Crippen LogP contribution in [0.1, 0.15) is 47.8 Å². The molecule has 0 bridgehead atoms. The Morgan fingerprint density at radius 1 is 1.02 bits per heavy atom. The van der Waals surface area contributed by atoms with E-state index in [0.29, 0.717) is 29.8 Å². The van der Waals surface area contributed by atoms with Crippen molar-refractivity contribution in [2.45, 2.75) is 50.4 Å². The van der Waals surface area contributed by atoms with Gasteiger partial charge >= 0.3 is 6.09 Å². The van der Waals surface area contributed by atoms with Crippen molar-refractivity contribution in [1.82, 2.24) is 19.5 Å². The Labute approximate surface area is 246 Å². The van der Waals surface area contributed by atoms with Crippen LogP contribution in [0, 0.1) is 23.2 Å². The molecule has 218 valence electrons. The third kappa shape index (κ3) is 6.61. The number of benzene rings is 2. The van der Waals surface area contributed by atoms with Crippen LogP contribution in [0.3, 0.4) is 0 Å². The molecule has 10 nitrogen and oxygen atoms in total. The average Bonchev–Trinajstić information content (AvgIpc) is 3.38. The van der Waals surface area contributed by atoms with Gasteiger partial charge in [-0.25, -0.2) is 13.2 Å². The molecular weight excluding hydrogens is 554 g/mol. The van der Waals surface area contributed by atoms with Crippen molar-refractivity contribution in [2.24, 2.45) is 11.8 Å². The zero-order chi connectivity index (χ0) is 30.1. The normalized spacial score (nSPS) is 19.6. The fraction of sp³-hybridized carbons (Fsp3) is 0.355. The van der Waals surface area contributed by atoms with E-state index < -0.39 is 15.6 Å². The van der Waals surface area contributed by atoms with Crippen LogP contribution in [0.15, 0.2) is 78.0 Å². The van der Waals surface area contributed by atoms with Gasteiger partial charge in [-0.2, -0.15) is 9.57 Å². The summed E-state index contributed by atoms with van der Waals surface area (Å²) in [4.78, 5) is 31.1. The van der Waals surface area contributed by atoms with Gasteiger partial charge in [-0.1, -0.05) is 18.2 Å². The molecule has 1 saturated carbocycles. The number of aromatic nitrogens is 1. The second-order valence-electron chi connectivity index (χ2n) is 11.7. The first-order chi connectivity index (χ1) is 19.9. The summed E-state index contributed by atoms with van der Waals surface area (Å²) in [6.07, 6.45) is 2.92. The molecule has 1 aliphatic carbocycles. The number of nitrogens with one attached hydrogen (secondary N) is 1. The number of rotatable bonds is 8. The molecule has 0 spiro atoms. The van der Waals surface area contributed by atoms with Crippen molar-refractivity contribution < 1.29 is 22.7 Å². The Morgan fingerprint density at radius 3 is 2.24 bits per heavy atom. The molecule has 5 rings (SSSR count). The summed E-state index contributed by atoms with van der Waals surface area (Å²) < 4.78 is 34.0. The number of pyridine rings is 1.